The Balaban J connectivity index is 1.41. The van der Waals surface area contributed by atoms with Crippen LogP contribution in [-0.4, -0.2) is 47.7 Å². The molecule has 184 valence electrons. The fourth-order valence-corrected chi connectivity index (χ4v) is 4.50. The van der Waals surface area contributed by atoms with Crippen LogP contribution in [0.3, 0.4) is 0 Å². The summed E-state index contributed by atoms with van der Waals surface area (Å²) in [5, 5.41) is 13.4. The van der Waals surface area contributed by atoms with E-state index < -0.39 is 41.9 Å². The van der Waals surface area contributed by atoms with Gasteiger partial charge in [-0.05, 0) is 47.4 Å². The predicted octanol–water partition coefficient (Wildman–Crippen LogP) is 4.08. The summed E-state index contributed by atoms with van der Waals surface area (Å²) in [6.07, 6.45) is 1.20. The maximum Gasteiger partial charge on any atom is 0.407 e. The molecule has 2 atom stereocenters. The number of amides is 2. The Hall–Kier alpha value is -3.75. The van der Waals surface area contributed by atoms with Crippen molar-refractivity contribution < 1.29 is 33.0 Å². The second kappa shape index (κ2) is 9.85. The normalized spacial score (nSPS) is 16.4. The van der Waals surface area contributed by atoms with E-state index in [-0.39, 0.29) is 18.9 Å². The van der Waals surface area contributed by atoms with E-state index in [4.69, 9.17) is 9.84 Å². The van der Waals surface area contributed by atoms with E-state index in [0.717, 1.165) is 22.3 Å². The quantitative estimate of drug-likeness (QED) is 0.441. The highest BCUT2D eigenvalue weighted by Crippen LogP contribution is 2.44. The van der Waals surface area contributed by atoms with Crippen LogP contribution < -0.4 is 10.6 Å². The van der Waals surface area contributed by atoms with Gasteiger partial charge in [0.05, 0.1) is 0 Å². The van der Waals surface area contributed by atoms with Gasteiger partial charge in [0.25, 0.3) is 0 Å². The van der Waals surface area contributed by atoms with Crippen LogP contribution in [0, 0.1) is 5.92 Å². The Kier molecular flexibility index (Phi) is 6.86. The number of aliphatic carboxylic acids is 1. The number of carboxylic acid groups (broad SMARTS) is 1. The van der Waals surface area contributed by atoms with Crippen molar-refractivity contribution in [3.05, 3.63) is 72.3 Å². The number of nitrogens with one attached hydrogen (secondary N) is 2. The molecule has 1 saturated carbocycles. The summed E-state index contributed by atoms with van der Waals surface area (Å²) in [6, 6.07) is 12.5. The van der Waals surface area contributed by atoms with E-state index >= 15 is 0 Å². The molecule has 2 aliphatic carbocycles. The summed E-state index contributed by atoms with van der Waals surface area (Å²) < 4.78 is 33.8. The molecule has 2 aromatic rings. The molecule has 0 aromatic heterocycles. The number of carbonyl (C=O) groups is 3. The molecule has 7 nitrogen and oxygen atoms in total. The third kappa shape index (κ3) is 5.03. The highest BCUT2D eigenvalue weighted by molar-refractivity contribution is 5.87. The Morgan fingerprint density at radius 2 is 1.63 bits per heavy atom. The van der Waals surface area contributed by atoms with E-state index in [9.17, 15) is 23.2 Å². The standard InChI is InChI=1S/C26H26F2N2O5/c1-2-7-21(23(31)30-22(15-12-13-15)26(27,28)24(32)33)29-25(34)35-14-20-18-10-5-3-8-16(18)17-9-4-6-11-19(17)20/h2-6,8-11,15,20-22H,1,7,12-14H2,(H,29,34)(H,30,31)(H,32,33). The topological polar surface area (TPSA) is 105 Å². The van der Waals surface area contributed by atoms with Gasteiger partial charge in [-0.3, -0.25) is 4.79 Å². The molecule has 4 rings (SSSR count). The predicted molar refractivity (Wildman–Crippen MR) is 124 cm³/mol. The van der Waals surface area contributed by atoms with Gasteiger partial charge >= 0.3 is 18.0 Å². The maximum absolute atomic E-state index is 14.2. The van der Waals surface area contributed by atoms with E-state index in [1.165, 1.54) is 6.08 Å². The number of hydrogen-bond donors (Lipinski definition) is 3. The van der Waals surface area contributed by atoms with Crippen LogP contribution in [0.15, 0.2) is 61.2 Å². The molecule has 2 aromatic carbocycles. The minimum absolute atomic E-state index is 0.0179. The van der Waals surface area contributed by atoms with E-state index in [0.29, 0.717) is 12.8 Å². The van der Waals surface area contributed by atoms with Crippen LogP contribution in [0.2, 0.25) is 0 Å². The van der Waals surface area contributed by atoms with Crippen molar-refractivity contribution >= 4 is 18.0 Å². The maximum atomic E-state index is 14.2. The van der Waals surface area contributed by atoms with Gasteiger partial charge in [-0.15, -0.1) is 6.58 Å². The van der Waals surface area contributed by atoms with Crippen LogP contribution >= 0.6 is 0 Å². The number of halogens is 2. The zero-order valence-corrected chi connectivity index (χ0v) is 18.9. The molecule has 0 heterocycles. The number of alkyl carbamates (subject to hydrolysis) is 1. The van der Waals surface area contributed by atoms with Gasteiger partial charge in [-0.1, -0.05) is 54.6 Å². The summed E-state index contributed by atoms with van der Waals surface area (Å²) in [4.78, 5) is 36.3. The second-order valence-electron chi connectivity index (χ2n) is 8.80. The van der Waals surface area contributed by atoms with Gasteiger partial charge in [-0.2, -0.15) is 8.78 Å². The van der Waals surface area contributed by atoms with Crippen molar-refractivity contribution in [2.75, 3.05) is 6.61 Å². The van der Waals surface area contributed by atoms with Crippen LogP contribution in [-0.2, 0) is 14.3 Å². The molecule has 3 N–H and O–H groups in total. The molecule has 0 spiro atoms. The van der Waals surface area contributed by atoms with Crippen LogP contribution in [0.25, 0.3) is 11.1 Å². The average molecular weight is 484 g/mol. The molecule has 0 radical (unpaired) electrons. The van der Waals surface area contributed by atoms with Gasteiger partial charge in [0.1, 0.15) is 18.7 Å². The van der Waals surface area contributed by atoms with Crippen LogP contribution in [0.5, 0.6) is 0 Å². The number of hydrogen-bond acceptors (Lipinski definition) is 4. The van der Waals surface area contributed by atoms with Gasteiger partial charge in [-0.25, -0.2) is 9.59 Å². The minimum atomic E-state index is -4.13. The molecular formula is C26H26F2N2O5. The first-order valence-corrected chi connectivity index (χ1v) is 11.4. The van der Waals surface area contributed by atoms with Gasteiger partial charge < -0.3 is 20.5 Å². The van der Waals surface area contributed by atoms with E-state index in [1.807, 2.05) is 48.5 Å². The number of ether oxygens (including phenoxy) is 1. The Morgan fingerprint density at radius 3 is 2.14 bits per heavy atom. The van der Waals surface area contributed by atoms with Crippen molar-refractivity contribution in [3.8, 4) is 11.1 Å². The van der Waals surface area contributed by atoms with Crippen molar-refractivity contribution in [1.29, 1.82) is 0 Å². The largest absolute Gasteiger partial charge is 0.477 e. The van der Waals surface area contributed by atoms with Crippen molar-refractivity contribution in [2.24, 2.45) is 5.92 Å². The summed E-state index contributed by atoms with van der Waals surface area (Å²) >= 11 is 0. The molecule has 2 unspecified atom stereocenters. The molecule has 0 saturated heterocycles. The van der Waals surface area contributed by atoms with Gasteiger partial charge in [0, 0.05) is 5.92 Å². The van der Waals surface area contributed by atoms with Crippen molar-refractivity contribution in [3.63, 3.8) is 0 Å². The monoisotopic (exact) mass is 484 g/mol. The number of alkyl halides is 2. The number of benzene rings is 2. The zero-order chi connectivity index (χ0) is 25.2. The summed E-state index contributed by atoms with van der Waals surface area (Å²) in [5.41, 5.74) is 4.16. The van der Waals surface area contributed by atoms with Crippen molar-refractivity contribution in [2.45, 2.75) is 43.2 Å². The minimum Gasteiger partial charge on any atom is -0.477 e. The number of fused-ring (bicyclic) bond motifs is 3. The molecule has 9 heteroatoms. The summed E-state index contributed by atoms with van der Waals surface area (Å²) in [5.74, 6) is -8.17. The fourth-order valence-electron chi connectivity index (χ4n) is 4.50. The summed E-state index contributed by atoms with van der Waals surface area (Å²) in [7, 11) is 0. The summed E-state index contributed by atoms with van der Waals surface area (Å²) in [6.45, 7) is 3.56. The fraction of sp³-hybridized carbons (Fsp3) is 0.346. The van der Waals surface area contributed by atoms with E-state index in [1.54, 1.807) is 0 Å². The lowest BCUT2D eigenvalue weighted by Crippen LogP contribution is -2.57. The van der Waals surface area contributed by atoms with Gasteiger partial charge in [0.15, 0.2) is 0 Å². The molecule has 35 heavy (non-hydrogen) atoms. The number of rotatable bonds is 10. The highest BCUT2D eigenvalue weighted by Gasteiger charge is 2.55. The first-order valence-electron chi connectivity index (χ1n) is 11.4. The Labute approximate surface area is 201 Å². The highest BCUT2D eigenvalue weighted by atomic mass is 19.3. The Bertz CT molecular complexity index is 1100. The molecule has 0 bridgehead atoms. The number of carboxylic acids is 1. The van der Waals surface area contributed by atoms with Crippen LogP contribution in [0.4, 0.5) is 13.6 Å². The lowest BCUT2D eigenvalue weighted by atomic mass is 9.98. The van der Waals surface area contributed by atoms with Gasteiger partial charge in [0.2, 0.25) is 5.91 Å². The van der Waals surface area contributed by atoms with Crippen LogP contribution in [0.1, 0.15) is 36.3 Å². The average Bonchev–Trinajstić information content (AvgIpc) is 3.63. The Morgan fingerprint density at radius 1 is 1.06 bits per heavy atom. The second-order valence-corrected chi connectivity index (χ2v) is 8.80. The smallest absolute Gasteiger partial charge is 0.407 e. The lowest BCUT2D eigenvalue weighted by Gasteiger charge is -2.27. The molecule has 2 aliphatic rings. The SMILES string of the molecule is C=CCC(NC(=O)OCC1c2ccccc2-c2ccccc21)C(=O)NC(C1CC1)C(F)(F)C(=O)O. The number of carbonyl (C=O) groups excluding carboxylic acids is 2. The van der Waals surface area contributed by atoms with E-state index in [2.05, 4.69) is 17.2 Å². The third-order valence-corrected chi connectivity index (χ3v) is 6.42. The third-order valence-electron chi connectivity index (χ3n) is 6.42. The van der Waals surface area contributed by atoms with Crippen molar-refractivity contribution in [1.82, 2.24) is 10.6 Å². The zero-order valence-electron chi connectivity index (χ0n) is 18.9. The molecule has 0 aliphatic heterocycles. The lowest BCUT2D eigenvalue weighted by molar-refractivity contribution is -0.171. The molecular weight excluding hydrogens is 458 g/mol. The first kappa shape index (κ1) is 24.4. The molecule has 2 amide bonds. The molecule has 1 fully saturated rings. The first-order chi connectivity index (χ1) is 16.7.